The predicted octanol–water partition coefficient (Wildman–Crippen LogP) is 1.66. The van der Waals surface area contributed by atoms with E-state index in [9.17, 15) is 14.0 Å². The van der Waals surface area contributed by atoms with Gasteiger partial charge in [0.15, 0.2) is 0 Å². The van der Waals surface area contributed by atoms with Crippen molar-refractivity contribution in [2.75, 3.05) is 26.4 Å². The molecular formula is C18H26FN3O3. The number of rotatable bonds is 9. The molecule has 1 heterocycles. The van der Waals surface area contributed by atoms with E-state index in [4.69, 9.17) is 4.74 Å². The van der Waals surface area contributed by atoms with Crippen molar-refractivity contribution in [1.82, 2.24) is 15.5 Å². The van der Waals surface area contributed by atoms with E-state index < -0.39 is 0 Å². The maximum Gasteiger partial charge on any atom is 0.239 e. The molecule has 0 aromatic heterocycles. The van der Waals surface area contributed by atoms with Crippen LogP contribution in [-0.2, 0) is 9.59 Å². The van der Waals surface area contributed by atoms with E-state index in [-0.39, 0.29) is 36.8 Å². The topological polar surface area (TPSA) is 70.7 Å². The van der Waals surface area contributed by atoms with Crippen molar-refractivity contribution in [2.45, 2.75) is 38.6 Å². The molecule has 1 aromatic carbocycles. The van der Waals surface area contributed by atoms with E-state index in [1.807, 2.05) is 0 Å². The Kier molecular flexibility index (Phi) is 7.66. The van der Waals surface area contributed by atoms with E-state index in [0.29, 0.717) is 25.4 Å². The summed E-state index contributed by atoms with van der Waals surface area (Å²) in [6, 6.07) is 5.91. The van der Waals surface area contributed by atoms with Crippen molar-refractivity contribution in [2.24, 2.45) is 0 Å². The Bertz CT molecular complexity index is 565. The van der Waals surface area contributed by atoms with E-state index in [1.54, 1.807) is 0 Å². The van der Waals surface area contributed by atoms with Gasteiger partial charge in [0.1, 0.15) is 24.7 Å². The monoisotopic (exact) mass is 351 g/mol. The highest BCUT2D eigenvalue weighted by atomic mass is 19.1. The molecule has 2 rings (SSSR count). The molecule has 138 valence electrons. The maximum absolute atomic E-state index is 12.8. The number of benzene rings is 1. The minimum Gasteiger partial charge on any atom is -0.492 e. The number of halogens is 1. The maximum atomic E-state index is 12.8. The highest BCUT2D eigenvalue weighted by Gasteiger charge is 2.25. The first-order chi connectivity index (χ1) is 12.1. The van der Waals surface area contributed by atoms with Gasteiger partial charge in [0, 0.05) is 12.5 Å². The summed E-state index contributed by atoms with van der Waals surface area (Å²) in [4.78, 5) is 25.6. The van der Waals surface area contributed by atoms with Crippen molar-refractivity contribution in [1.29, 1.82) is 0 Å². The van der Waals surface area contributed by atoms with Gasteiger partial charge in [-0.2, -0.15) is 0 Å². The van der Waals surface area contributed by atoms with Crippen LogP contribution in [0.5, 0.6) is 5.75 Å². The fourth-order valence-corrected chi connectivity index (χ4v) is 2.66. The molecule has 7 heteroatoms. The smallest absolute Gasteiger partial charge is 0.239 e. The van der Waals surface area contributed by atoms with Gasteiger partial charge in [-0.3, -0.25) is 14.9 Å². The second-order valence-electron chi connectivity index (χ2n) is 6.15. The molecule has 6 nitrogen and oxygen atoms in total. The summed E-state index contributed by atoms with van der Waals surface area (Å²) in [5, 5.41) is 6.02. The molecule has 1 aliphatic heterocycles. The lowest BCUT2D eigenvalue weighted by atomic mass is 10.0. The van der Waals surface area contributed by atoms with E-state index >= 15 is 0 Å². The van der Waals surface area contributed by atoms with Crippen LogP contribution in [0.25, 0.3) is 0 Å². The molecule has 2 amide bonds. The number of unbranched alkanes of at least 4 members (excludes halogenated alkanes) is 1. The number of nitrogens with zero attached hydrogens (tertiary/aromatic N) is 1. The van der Waals surface area contributed by atoms with Gasteiger partial charge < -0.3 is 15.0 Å². The van der Waals surface area contributed by atoms with Crippen molar-refractivity contribution in [3.8, 4) is 5.75 Å². The summed E-state index contributed by atoms with van der Waals surface area (Å²) < 4.78 is 18.2. The quantitative estimate of drug-likeness (QED) is 0.664. The van der Waals surface area contributed by atoms with Crippen LogP contribution >= 0.6 is 0 Å². The van der Waals surface area contributed by atoms with Gasteiger partial charge in [0.05, 0.1) is 13.2 Å². The lowest BCUT2D eigenvalue weighted by Crippen LogP contribution is -2.53. The summed E-state index contributed by atoms with van der Waals surface area (Å²) in [7, 11) is 0. The summed E-state index contributed by atoms with van der Waals surface area (Å²) in [6.07, 6.45) is 3.64. The highest BCUT2D eigenvalue weighted by Crippen LogP contribution is 2.12. The van der Waals surface area contributed by atoms with Crippen LogP contribution in [-0.4, -0.2) is 49.1 Å². The first-order valence-electron chi connectivity index (χ1n) is 8.74. The zero-order valence-electron chi connectivity index (χ0n) is 14.6. The third-order valence-electron chi connectivity index (χ3n) is 4.09. The highest BCUT2D eigenvalue weighted by molar-refractivity contribution is 5.85. The Balaban J connectivity index is 1.62. The van der Waals surface area contributed by atoms with Crippen LogP contribution in [0.2, 0.25) is 0 Å². The Hall–Kier alpha value is -2.15. The summed E-state index contributed by atoms with van der Waals surface area (Å²) in [5.41, 5.74) is 0. The van der Waals surface area contributed by atoms with Crippen molar-refractivity contribution in [3.63, 3.8) is 0 Å². The van der Waals surface area contributed by atoms with Gasteiger partial charge in [0.2, 0.25) is 11.8 Å². The molecule has 0 radical (unpaired) electrons. The molecule has 1 saturated heterocycles. The Labute approximate surface area is 147 Å². The first-order valence-corrected chi connectivity index (χ1v) is 8.74. The molecule has 2 N–H and O–H groups in total. The summed E-state index contributed by atoms with van der Waals surface area (Å²) in [6.45, 7) is 3.18. The largest absolute Gasteiger partial charge is 0.492 e. The Morgan fingerprint density at radius 2 is 2.16 bits per heavy atom. The van der Waals surface area contributed by atoms with Crippen LogP contribution in [0.1, 0.15) is 32.6 Å². The molecule has 1 unspecified atom stereocenters. The lowest BCUT2D eigenvalue weighted by molar-refractivity contribution is -0.139. The van der Waals surface area contributed by atoms with Gasteiger partial charge in [0.25, 0.3) is 0 Å². The molecule has 0 aliphatic carbocycles. The fourth-order valence-electron chi connectivity index (χ4n) is 2.66. The number of amides is 2. The van der Waals surface area contributed by atoms with Crippen LogP contribution in [0.3, 0.4) is 0 Å². The van der Waals surface area contributed by atoms with Crippen molar-refractivity contribution in [3.05, 3.63) is 30.1 Å². The average Bonchev–Trinajstić information content (AvgIpc) is 2.60. The van der Waals surface area contributed by atoms with Crippen molar-refractivity contribution >= 4 is 11.8 Å². The van der Waals surface area contributed by atoms with E-state index in [2.05, 4.69) is 17.6 Å². The zero-order valence-corrected chi connectivity index (χ0v) is 14.6. The summed E-state index contributed by atoms with van der Waals surface area (Å²) >= 11 is 0. The van der Waals surface area contributed by atoms with Crippen LogP contribution in [0.4, 0.5) is 4.39 Å². The third-order valence-corrected chi connectivity index (χ3v) is 4.09. The molecular weight excluding hydrogens is 325 g/mol. The number of nitrogens with one attached hydrogen (secondary N) is 2. The Morgan fingerprint density at radius 1 is 1.40 bits per heavy atom. The van der Waals surface area contributed by atoms with Crippen LogP contribution in [0.15, 0.2) is 24.3 Å². The van der Waals surface area contributed by atoms with Gasteiger partial charge in [-0.1, -0.05) is 19.8 Å². The minimum absolute atomic E-state index is 0.0116. The number of ether oxygens (including phenoxy) is 1. The number of carbonyl (C=O) groups is 2. The molecule has 0 spiro atoms. The number of hydrogen-bond donors (Lipinski definition) is 2. The van der Waals surface area contributed by atoms with Crippen LogP contribution < -0.4 is 15.4 Å². The van der Waals surface area contributed by atoms with Gasteiger partial charge in [-0.25, -0.2) is 4.39 Å². The molecule has 1 fully saturated rings. The fraction of sp³-hybridized carbons (Fsp3) is 0.556. The Morgan fingerprint density at radius 3 is 2.84 bits per heavy atom. The molecule has 25 heavy (non-hydrogen) atoms. The third kappa shape index (κ3) is 6.70. The SMILES string of the molecule is CCCCC1CC(=O)N(CC(=O)NCCOc2ccc(F)cc2)CN1. The standard InChI is InChI=1S/C18H26FN3O3/c1-2-3-4-15-11-18(24)22(13-21-15)12-17(23)20-9-10-25-16-7-5-14(19)6-8-16/h5-8,15,21H,2-4,9-13H2,1H3,(H,20,23). The molecule has 0 saturated carbocycles. The zero-order chi connectivity index (χ0) is 18.1. The minimum atomic E-state index is -0.322. The first kappa shape index (κ1) is 19.2. The molecule has 1 aromatic rings. The number of carbonyl (C=O) groups excluding carboxylic acids is 2. The van der Waals surface area contributed by atoms with Gasteiger partial charge in [-0.15, -0.1) is 0 Å². The predicted molar refractivity (Wildman–Crippen MR) is 92.6 cm³/mol. The second kappa shape index (κ2) is 9.98. The van der Waals surface area contributed by atoms with E-state index in [1.165, 1.54) is 29.2 Å². The van der Waals surface area contributed by atoms with Gasteiger partial charge >= 0.3 is 0 Å². The summed E-state index contributed by atoms with van der Waals surface area (Å²) in [5.74, 6) is 0.0176. The molecule has 0 bridgehead atoms. The molecule has 1 atom stereocenters. The second-order valence-corrected chi connectivity index (χ2v) is 6.15. The average molecular weight is 351 g/mol. The normalized spacial score (nSPS) is 17.4. The van der Waals surface area contributed by atoms with E-state index in [0.717, 1.165) is 19.3 Å². The van der Waals surface area contributed by atoms with Crippen molar-refractivity contribution < 1.29 is 18.7 Å². The van der Waals surface area contributed by atoms with Crippen LogP contribution in [0, 0.1) is 5.82 Å². The molecule has 1 aliphatic rings. The lowest BCUT2D eigenvalue weighted by Gasteiger charge is -2.32. The number of hydrogen-bond acceptors (Lipinski definition) is 4. The van der Waals surface area contributed by atoms with Gasteiger partial charge in [-0.05, 0) is 30.7 Å².